The van der Waals surface area contributed by atoms with Crippen LogP contribution in [0.3, 0.4) is 0 Å². The minimum atomic E-state index is 0.0438. The van der Waals surface area contributed by atoms with Gasteiger partial charge in [-0.05, 0) is 37.8 Å². The van der Waals surface area contributed by atoms with Crippen LogP contribution < -0.4 is 4.90 Å². The van der Waals surface area contributed by atoms with E-state index in [0.29, 0.717) is 18.7 Å². The average molecular weight is 404 g/mol. The van der Waals surface area contributed by atoms with Crippen LogP contribution in [0.25, 0.3) is 11.3 Å². The fourth-order valence-electron chi connectivity index (χ4n) is 4.09. The number of hydrogen-bond donors (Lipinski definition) is 0. The Balaban J connectivity index is 1.70. The molecule has 0 unspecified atom stereocenters. The normalized spacial score (nSPS) is 14.0. The van der Waals surface area contributed by atoms with Crippen molar-refractivity contribution in [1.82, 2.24) is 10.1 Å². The van der Waals surface area contributed by atoms with E-state index < -0.39 is 0 Å². The molecule has 0 bridgehead atoms. The molecule has 30 heavy (non-hydrogen) atoms. The van der Waals surface area contributed by atoms with E-state index in [2.05, 4.69) is 17.0 Å². The van der Waals surface area contributed by atoms with Gasteiger partial charge in [0.1, 0.15) is 5.69 Å². The summed E-state index contributed by atoms with van der Waals surface area (Å²) >= 11 is 0. The van der Waals surface area contributed by atoms with Crippen LogP contribution in [0, 0.1) is 0 Å². The van der Waals surface area contributed by atoms with Crippen molar-refractivity contribution in [1.29, 1.82) is 0 Å². The summed E-state index contributed by atoms with van der Waals surface area (Å²) in [4.78, 5) is 17.5. The highest BCUT2D eigenvalue weighted by Crippen LogP contribution is 2.34. The van der Waals surface area contributed by atoms with Gasteiger partial charge in [-0.25, -0.2) is 0 Å². The Bertz CT molecular complexity index is 947. The number of aromatic nitrogens is 1. The van der Waals surface area contributed by atoms with Crippen LogP contribution in [-0.2, 0) is 6.54 Å². The highest BCUT2D eigenvalue weighted by molar-refractivity contribution is 5.94. The first-order chi connectivity index (χ1) is 14.8. The van der Waals surface area contributed by atoms with E-state index in [1.54, 1.807) is 0 Å². The van der Waals surface area contributed by atoms with Gasteiger partial charge in [0.25, 0.3) is 5.91 Å². The van der Waals surface area contributed by atoms with Crippen molar-refractivity contribution in [2.24, 2.45) is 0 Å². The van der Waals surface area contributed by atoms with E-state index in [0.717, 1.165) is 55.1 Å². The van der Waals surface area contributed by atoms with Gasteiger partial charge in [-0.3, -0.25) is 4.79 Å². The first-order valence-electron chi connectivity index (χ1n) is 10.9. The van der Waals surface area contributed by atoms with Crippen LogP contribution >= 0.6 is 0 Å². The highest BCUT2D eigenvalue weighted by Gasteiger charge is 2.27. The van der Waals surface area contributed by atoms with Crippen molar-refractivity contribution in [3.05, 3.63) is 71.8 Å². The van der Waals surface area contributed by atoms with Gasteiger partial charge in [-0.2, -0.15) is 0 Å². The molecule has 1 aliphatic heterocycles. The maximum atomic E-state index is 13.3. The van der Waals surface area contributed by atoms with Crippen molar-refractivity contribution >= 4 is 11.8 Å². The molecule has 2 aromatic carbocycles. The lowest BCUT2D eigenvalue weighted by molar-refractivity contribution is 0.0743. The van der Waals surface area contributed by atoms with Crippen molar-refractivity contribution in [3.8, 4) is 11.3 Å². The smallest absolute Gasteiger partial charge is 0.254 e. The fraction of sp³-hybridized carbons (Fsp3) is 0.360. The Morgan fingerprint density at radius 2 is 1.67 bits per heavy atom. The molecular formula is C25H29N3O2. The molecule has 0 atom stereocenters. The van der Waals surface area contributed by atoms with E-state index in [4.69, 9.17) is 4.52 Å². The third kappa shape index (κ3) is 4.40. The van der Waals surface area contributed by atoms with Crippen LogP contribution in [0.4, 0.5) is 5.88 Å². The molecule has 1 fully saturated rings. The Kier molecular flexibility index (Phi) is 6.47. The minimum Gasteiger partial charge on any atom is -0.340 e. The molecular weight excluding hydrogens is 374 g/mol. The van der Waals surface area contributed by atoms with Crippen LogP contribution in [0.15, 0.2) is 65.2 Å². The topological polar surface area (TPSA) is 49.6 Å². The number of benzene rings is 2. The van der Waals surface area contributed by atoms with Gasteiger partial charge in [0.2, 0.25) is 5.88 Å². The van der Waals surface area contributed by atoms with Crippen LogP contribution in [0.5, 0.6) is 0 Å². The number of nitrogens with zero attached hydrogens (tertiary/aromatic N) is 3. The average Bonchev–Trinajstić information content (AvgIpc) is 3.23. The number of piperidine rings is 1. The number of hydrogen-bond acceptors (Lipinski definition) is 4. The maximum absolute atomic E-state index is 13.3. The Labute approximate surface area is 178 Å². The summed E-state index contributed by atoms with van der Waals surface area (Å²) in [7, 11) is 0. The van der Waals surface area contributed by atoms with E-state index in [9.17, 15) is 4.79 Å². The molecule has 0 radical (unpaired) electrons. The lowest BCUT2D eigenvalue weighted by atomic mass is 10.0. The van der Waals surface area contributed by atoms with Crippen LogP contribution in [0.2, 0.25) is 0 Å². The second kappa shape index (κ2) is 9.61. The van der Waals surface area contributed by atoms with Gasteiger partial charge in [0, 0.05) is 30.8 Å². The predicted molar refractivity (Wildman–Crippen MR) is 119 cm³/mol. The lowest BCUT2D eigenvalue weighted by Gasteiger charge is -2.28. The minimum absolute atomic E-state index is 0.0438. The maximum Gasteiger partial charge on any atom is 0.254 e. The molecule has 3 aromatic rings. The monoisotopic (exact) mass is 403 g/mol. The molecule has 1 aliphatic rings. The zero-order chi connectivity index (χ0) is 20.8. The van der Waals surface area contributed by atoms with Gasteiger partial charge in [-0.15, -0.1) is 0 Å². The summed E-state index contributed by atoms with van der Waals surface area (Å²) in [6.45, 7) is 5.21. The fourth-order valence-corrected chi connectivity index (χ4v) is 4.09. The third-order valence-corrected chi connectivity index (χ3v) is 5.61. The molecule has 5 heteroatoms. The Morgan fingerprint density at radius 1 is 1.00 bits per heavy atom. The van der Waals surface area contributed by atoms with Crippen molar-refractivity contribution in [2.75, 3.05) is 24.5 Å². The van der Waals surface area contributed by atoms with E-state index in [-0.39, 0.29) is 5.91 Å². The summed E-state index contributed by atoms with van der Waals surface area (Å²) < 4.78 is 5.89. The SMILES string of the molecule is CCCN(Cc1c(-c2ccccc2)noc1N1CCCCC1)C(=O)c1ccccc1. The summed E-state index contributed by atoms with van der Waals surface area (Å²) in [5.74, 6) is 0.859. The van der Waals surface area contributed by atoms with Crippen LogP contribution in [0.1, 0.15) is 48.5 Å². The summed E-state index contributed by atoms with van der Waals surface area (Å²) in [6, 6.07) is 19.6. The van der Waals surface area contributed by atoms with Crippen molar-refractivity contribution in [3.63, 3.8) is 0 Å². The van der Waals surface area contributed by atoms with Crippen molar-refractivity contribution < 1.29 is 9.32 Å². The highest BCUT2D eigenvalue weighted by atomic mass is 16.5. The van der Waals surface area contributed by atoms with Gasteiger partial charge in [-0.1, -0.05) is 60.6 Å². The quantitative estimate of drug-likeness (QED) is 0.531. The third-order valence-electron chi connectivity index (χ3n) is 5.61. The lowest BCUT2D eigenvalue weighted by Crippen LogP contribution is -2.33. The van der Waals surface area contributed by atoms with Gasteiger partial charge < -0.3 is 14.3 Å². The van der Waals surface area contributed by atoms with Gasteiger partial charge >= 0.3 is 0 Å². The number of carbonyl (C=O) groups is 1. The number of carbonyl (C=O) groups excluding carboxylic acids is 1. The summed E-state index contributed by atoms with van der Waals surface area (Å²) in [5, 5.41) is 4.45. The predicted octanol–water partition coefficient (Wildman–Crippen LogP) is 5.38. The standard InChI is InChI=1S/C25H29N3O2/c1-2-16-28(24(29)21-14-8-4-9-15-21)19-22-23(20-12-6-3-7-13-20)26-30-25(22)27-17-10-5-11-18-27/h3-4,6-9,12-15H,2,5,10-11,16-19H2,1H3. The van der Waals surface area contributed by atoms with Crippen LogP contribution in [-0.4, -0.2) is 35.6 Å². The van der Waals surface area contributed by atoms with Gasteiger partial charge in [0.15, 0.2) is 0 Å². The first-order valence-corrected chi connectivity index (χ1v) is 10.9. The molecule has 5 nitrogen and oxygen atoms in total. The molecule has 1 saturated heterocycles. The van der Waals surface area contributed by atoms with E-state index >= 15 is 0 Å². The summed E-state index contributed by atoms with van der Waals surface area (Å²) in [5.41, 5.74) is 3.56. The van der Waals surface area contributed by atoms with E-state index in [1.165, 1.54) is 6.42 Å². The number of amides is 1. The Hall–Kier alpha value is -3.08. The molecule has 0 aliphatic carbocycles. The zero-order valence-electron chi connectivity index (χ0n) is 17.6. The largest absolute Gasteiger partial charge is 0.340 e. The molecule has 0 spiro atoms. The van der Waals surface area contributed by atoms with Gasteiger partial charge in [0.05, 0.1) is 12.1 Å². The second-order valence-corrected chi connectivity index (χ2v) is 7.82. The van der Waals surface area contributed by atoms with Crippen molar-refractivity contribution in [2.45, 2.75) is 39.2 Å². The summed E-state index contributed by atoms with van der Waals surface area (Å²) in [6.07, 6.45) is 4.45. The second-order valence-electron chi connectivity index (χ2n) is 7.82. The molecule has 2 heterocycles. The molecule has 0 N–H and O–H groups in total. The molecule has 1 aromatic heterocycles. The first kappa shape index (κ1) is 20.2. The molecule has 1 amide bonds. The number of anilines is 1. The molecule has 4 rings (SSSR count). The Morgan fingerprint density at radius 3 is 2.33 bits per heavy atom. The van der Waals surface area contributed by atoms with E-state index in [1.807, 2.05) is 65.6 Å². The molecule has 0 saturated carbocycles. The zero-order valence-corrected chi connectivity index (χ0v) is 17.6. The number of rotatable bonds is 7. The molecule has 156 valence electrons.